The fourth-order valence-electron chi connectivity index (χ4n) is 4.00. The van der Waals surface area contributed by atoms with E-state index in [0.717, 1.165) is 17.6 Å². The summed E-state index contributed by atoms with van der Waals surface area (Å²) >= 11 is 0. The molecule has 3 atom stereocenters. The van der Waals surface area contributed by atoms with Crippen molar-refractivity contribution in [3.8, 4) is 5.75 Å². The van der Waals surface area contributed by atoms with Gasteiger partial charge in [-0.1, -0.05) is 26.0 Å². The van der Waals surface area contributed by atoms with Gasteiger partial charge in [0, 0.05) is 11.6 Å². The standard InChI is InChI=1S/C18H29NO/c1-12-6-7-16(17(11-12)20-5)18(19-4)15-9-13(2)8-14(3)10-15/h6-7,11,13-15,18-19H,8-10H2,1-5H3. The smallest absolute Gasteiger partial charge is 0.123 e. The van der Waals surface area contributed by atoms with Crippen molar-refractivity contribution < 1.29 is 4.74 Å². The van der Waals surface area contributed by atoms with Crippen molar-refractivity contribution in [2.24, 2.45) is 17.8 Å². The molecule has 1 fully saturated rings. The van der Waals surface area contributed by atoms with Crippen LogP contribution in [0.1, 0.15) is 50.3 Å². The maximum absolute atomic E-state index is 5.61. The molecule has 2 nitrogen and oxygen atoms in total. The van der Waals surface area contributed by atoms with Crippen LogP contribution in [0, 0.1) is 24.7 Å². The minimum absolute atomic E-state index is 0.399. The van der Waals surface area contributed by atoms with Crippen LogP contribution in [0.3, 0.4) is 0 Å². The molecule has 2 heteroatoms. The molecule has 3 unspecified atom stereocenters. The van der Waals surface area contributed by atoms with Crippen LogP contribution in [0.25, 0.3) is 0 Å². The topological polar surface area (TPSA) is 21.3 Å². The van der Waals surface area contributed by atoms with E-state index < -0.39 is 0 Å². The zero-order chi connectivity index (χ0) is 14.7. The maximum atomic E-state index is 5.61. The van der Waals surface area contributed by atoms with Crippen molar-refractivity contribution in [3.05, 3.63) is 29.3 Å². The molecule has 0 spiro atoms. The van der Waals surface area contributed by atoms with E-state index in [1.54, 1.807) is 7.11 Å². The van der Waals surface area contributed by atoms with Gasteiger partial charge in [-0.15, -0.1) is 0 Å². The van der Waals surface area contributed by atoms with Crippen LogP contribution in [-0.2, 0) is 0 Å². The Kier molecular flexibility index (Phi) is 5.09. The lowest BCUT2D eigenvalue weighted by molar-refractivity contribution is 0.179. The Balaban J connectivity index is 2.27. The Morgan fingerprint density at radius 1 is 1.15 bits per heavy atom. The normalized spacial score (nSPS) is 28.1. The number of aryl methyl sites for hydroxylation is 1. The van der Waals surface area contributed by atoms with Crippen molar-refractivity contribution >= 4 is 0 Å². The summed E-state index contributed by atoms with van der Waals surface area (Å²) in [6.07, 6.45) is 4.00. The van der Waals surface area contributed by atoms with E-state index in [9.17, 15) is 0 Å². The molecule has 1 aliphatic carbocycles. The molecule has 0 saturated heterocycles. The predicted molar refractivity (Wildman–Crippen MR) is 85.2 cm³/mol. The molecule has 0 radical (unpaired) electrons. The average molecular weight is 275 g/mol. The van der Waals surface area contributed by atoms with Gasteiger partial charge in [0.1, 0.15) is 5.75 Å². The minimum atomic E-state index is 0.399. The fraction of sp³-hybridized carbons (Fsp3) is 0.667. The summed E-state index contributed by atoms with van der Waals surface area (Å²) in [6, 6.07) is 6.97. The number of rotatable bonds is 4. The SMILES string of the molecule is CNC(c1ccc(C)cc1OC)C1CC(C)CC(C)C1. The van der Waals surface area contributed by atoms with Gasteiger partial charge < -0.3 is 10.1 Å². The van der Waals surface area contributed by atoms with Crippen molar-refractivity contribution in [3.63, 3.8) is 0 Å². The van der Waals surface area contributed by atoms with Gasteiger partial charge in [-0.2, -0.15) is 0 Å². The van der Waals surface area contributed by atoms with Gasteiger partial charge >= 0.3 is 0 Å². The fourth-order valence-corrected chi connectivity index (χ4v) is 4.00. The largest absolute Gasteiger partial charge is 0.496 e. The Morgan fingerprint density at radius 3 is 2.35 bits per heavy atom. The molecule has 1 N–H and O–H groups in total. The summed E-state index contributed by atoms with van der Waals surface area (Å²) < 4.78 is 5.61. The number of ether oxygens (including phenoxy) is 1. The molecule has 0 aliphatic heterocycles. The van der Waals surface area contributed by atoms with E-state index in [4.69, 9.17) is 4.74 Å². The summed E-state index contributed by atoms with van der Waals surface area (Å²) in [7, 11) is 3.85. The summed E-state index contributed by atoms with van der Waals surface area (Å²) in [5, 5.41) is 3.54. The van der Waals surface area contributed by atoms with Crippen molar-refractivity contribution in [2.75, 3.05) is 14.2 Å². The number of hydrogen-bond donors (Lipinski definition) is 1. The number of hydrogen-bond acceptors (Lipinski definition) is 2. The average Bonchev–Trinajstić information content (AvgIpc) is 2.40. The highest BCUT2D eigenvalue weighted by Gasteiger charge is 2.31. The van der Waals surface area contributed by atoms with Crippen LogP contribution in [0.5, 0.6) is 5.75 Å². The highest BCUT2D eigenvalue weighted by atomic mass is 16.5. The van der Waals surface area contributed by atoms with E-state index in [0.29, 0.717) is 12.0 Å². The third kappa shape index (κ3) is 3.35. The third-order valence-corrected chi connectivity index (χ3v) is 4.72. The van der Waals surface area contributed by atoms with Crippen molar-refractivity contribution in [1.29, 1.82) is 0 Å². The molecule has 0 amide bonds. The molecule has 112 valence electrons. The molecule has 1 aromatic carbocycles. The lowest BCUT2D eigenvalue weighted by Gasteiger charge is -2.37. The van der Waals surface area contributed by atoms with E-state index in [1.807, 2.05) is 0 Å². The molecule has 0 bridgehead atoms. The molecule has 1 aromatic rings. The zero-order valence-electron chi connectivity index (χ0n) is 13.6. The Hall–Kier alpha value is -1.02. The molecule has 2 rings (SSSR count). The summed E-state index contributed by atoms with van der Waals surface area (Å²) in [5.74, 6) is 3.39. The summed E-state index contributed by atoms with van der Waals surface area (Å²) in [5.41, 5.74) is 2.57. The Morgan fingerprint density at radius 2 is 1.80 bits per heavy atom. The van der Waals surface area contributed by atoms with Crippen molar-refractivity contribution in [2.45, 2.75) is 46.1 Å². The van der Waals surface area contributed by atoms with Crippen LogP contribution < -0.4 is 10.1 Å². The molecule has 1 saturated carbocycles. The lowest BCUT2D eigenvalue weighted by Crippen LogP contribution is -2.31. The summed E-state index contributed by atoms with van der Waals surface area (Å²) in [6.45, 7) is 6.90. The van der Waals surface area contributed by atoms with Crippen LogP contribution in [-0.4, -0.2) is 14.2 Å². The second-order valence-electron chi connectivity index (χ2n) is 6.69. The van der Waals surface area contributed by atoms with Gasteiger partial charge in [-0.25, -0.2) is 0 Å². The van der Waals surface area contributed by atoms with Crippen LogP contribution >= 0.6 is 0 Å². The van der Waals surface area contributed by atoms with Crippen molar-refractivity contribution in [1.82, 2.24) is 5.32 Å². The van der Waals surface area contributed by atoms with Gasteiger partial charge in [-0.05, 0) is 62.6 Å². The highest BCUT2D eigenvalue weighted by molar-refractivity contribution is 5.39. The number of methoxy groups -OCH3 is 1. The second kappa shape index (κ2) is 6.62. The van der Waals surface area contributed by atoms with Gasteiger partial charge in [-0.3, -0.25) is 0 Å². The Bertz CT molecular complexity index is 433. The van der Waals surface area contributed by atoms with Gasteiger partial charge in [0.15, 0.2) is 0 Å². The molecule has 20 heavy (non-hydrogen) atoms. The first-order chi connectivity index (χ1) is 9.55. The predicted octanol–water partition coefficient (Wildman–Crippen LogP) is 4.34. The molecule has 1 aliphatic rings. The maximum Gasteiger partial charge on any atom is 0.123 e. The Labute approximate surface area is 123 Å². The quantitative estimate of drug-likeness (QED) is 0.882. The second-order valence-corrected chi connectivity index (χ2v) is 6.69. The first-order valence-corrected chi connectivity index (χ1v) is 7.87. The van der Waals surface area contributed by atoms with Crippen LogP contribution in [0.4, 0.5) is 0 Å². The first-order valence-electron chi connectivity index (χ1n) is 7.87. The lowest BCUT2D eigenvalue weighted by atomic mass is 9.72. The summed E-state index contributed by atoms with van der Waals surface area (Å²) in [4.78, 5) is 0. The number of benzene rings is 1. The third-order valence-electron chi connectivity index (χ3n) is 4.72. The minimum Gasteiger partial charge on any atom is -0.496 e. The van der Waals surface area contributed by atoms with Crippen LogP contribution in [0.15, 0.2) is 18.2 Å². The molecule has 0 heterocycles. The highest BCUT2D eigenvalue weighted by Crippen LogP contribution is 2.41. The monoisotopic (exact) mass is 275 g/mol. The molecule has 0 aromatic heterocycles. The first kappa shape index (κ1) is 15.4. The van der Waals surface area contributed by atoms with E-state index in [1.165, 1.54) is 30.4 Å². The molecular weight excluding hydrogens is 246 g/mol. The van der Waals surface area contributed by atoms with Gasteiger partial charge in [0.2, 0.25) is 0 Å². The van der Waals surface area contributed by atoms with E-state index >= 15 is 0 Å². The number of nitrogens with one attached hydrogen (secondary N) is 1. The zero-order valence-corrected chi connectivity index (χ0v) is 13.6. The van der Waals surface area contributed by atoms with Gasteiger partial charge in [0.25, 0.3) is 0 Å². The molecular formula is C18H29NO. The van der Waals surface area contributed by atoms with Crippen LogP contribution in [0.2, 0.25) is 0 Å². The van der Waals surface area contributed by atoms with Gasteiger partial charge in [0.05, 0.1) is 7.11 Å². The van der Waals surface area contributed by atoms with E-state index in [-0.39, 0.29) is 0 Å². The van der Waals surface area contributed by atoms with E-state index in [2.05, 4.69) is 51.3 Å².